The predicted octanol–water partition coefficient (Wildman–Crippen LogP) is 4.84. The molecular formula is C25H29F3N4O2. The van der Waals surface area contributed by atoms with Gasteiger partial charge in [-0.25, -0.2) is 4.98 Å². The average Bonchev–Trinajstić information content (AvgIpc) is 2.81. The summed E-state index contributed by atoms with van der Waals surface area (Å²) in [6.07, 6.45) is -4.09. The molecule has 1 atom stereocenters. The van der Waals surface area contributed by atoms with Crippen molar-refractivity contribution < 1.29 is 22.7 Å². The molecule has 9 heteroatoms. The summed E-state index contributed by atoms with van der Waals surface area (Å²) in [5.74, 6) is 0.554. The Balaban J connectivity index is 1.93. The molecule has 1 fully saturated rings. The van der Waals surface area contributed by atoms with Crippen LogP contribution < -0.4 is 4.90 Å². The summed E-state index contributed by atoms with van der Waals surface area (Å²) < 4.78 is 44.0. The van der Waals surface area contributed by atoms with E-state index in [0.29, 0.717) is 60.9 Å². The van der Waals surface area contributed by atoms with Gasteiger partial charge in [0.15, 0.2) is 0 Å². The van der Waals surface area contributed by atoms with Crippen LogP contribution >= 0.6 is 0 Å². The van der Waals surface area contributed by atoms with Gasteiger partial charge in [0.2, 0.25) is 5.91 Å². The third-order valence-electron chi connectivity index (χ3n) is 5.99. The maximum atomic E-state index is 13.0. The number of alkyl halides is 3. The number of anilines is 1. The molecule has 1 unspecified atom stereocenters. The Morgan fingerprint density at radius 1 is 1.26 bits per heavy atom. The topological polar surface area (TPSA) is 69.5 Å². The number of carbonyl (C=O) groups excluding carboxylic acids is 1. The lowest BCUT2D eigenvalue weighted by Gasteiger charge is -2.41. The molecule has 2 heterocycles. The standard InChI is InChI=1S/C25H29F3N4O2/c1-16(2)23-21(18-5-7-20(8-6-18)25(26,27)28)13-19(14-29)24(30-23)31-10-11-32(17(3)15-31)22(33)9-12-34-4/h5-8,13,16-17H,9-12,15H2,1-4H3. The number of pyridine rings is 1. The first-order valence-electron chi connectivity index (χ1n) is 11.2. The van der Waals surface area contributed by atoms with Crippen LogP contribution in [0, 0.1) is 11.3 Å². The number of benzene rings is 1. The highest BCUT2D eigenvalue weighted by Crippen LogP contribution is 2.35. The van der Waals surface area contributed by atoms with Gasteiger partial charge in [-0.15, -0.1) is 0 Å². The number of rotatable bonds is 6. The van der Waals surface area contributed by atoms with Crippen molar-refractivity contribution in [2.75, 3.05) is 38.3 Å². The van der Waals surface area contributed by atoms with Gasteiger partial charge in [0.05, 0.1) is 29.8 Å². The molecule has 0 radical (unpaired) electrons. The number of aromatic nitrogens is 1. The van der Waals surface area contributed by atoms with E-state index >= 15 is 0 Å². The first-order valence-corrected chi connectivity index (χ1v) is 11.2. The Kier molecular flexibility index (Phi) is 7.82. The maximum Gasteiger partial charge on any atom is 0.416 e. The van der Waals surface area contributed by atoms with Crippen LogP contribution in [0.2, 0.25) is 0 Å². The van der Waals surface area contributed by atoms with Gasteiger partial charge in [0, 0.05) is 38.3 Å². The highest BCUT2D eigenvalue weighted by atomic mass is 19.4. The van der Waals surface area contributed by atoms with Crippen molar-refractivity contribution in [1.82, 2.24) is 9.88 Å². The van der Waals surface area contributed by atoms with Crippen molar-refractivity contribution in [2.45, 2.75) is 45.3 Å². The molecule has 1 aromatic carbocycles. The van der Waals surface area contributed by atoms with Crippen molar-refractivity contribution in [1.29, 1.82) is 5.26 Å². The van der Waals surface area contributed by atoms with Gasteiger partial charge in [-0.3, -0.25) is 4.79 Å². The van der Waals surface area contributed by atoms with Crippen LogP contribution in [-0.4, -0.2) is 55.2 Å². The van der Waals surface area contributed by atoms with Gasteiger partial charge in [-0.1, -0.05) is 26.0 Å². The number of hydrogen-bond donors (Lipinski definition) is 0. The lowest BCUT2D eigenvalue weighted by Crippen LogP contribution is -2.54. The normalized spacial score (nSPS) is 16.6. The van der Waals surface area contributed by atoms with E-state index in [2.05, 4.69) is 6.07 Å². The average molecular weight is 475 g/mol. The zero-order chi connectivity index (χ0) is 25.0. The van der Waals surface area contributed by atoms with E-state index in [0.717, 1.165) is 12.1 Å². The van der Waals surface area contributed by atoms with Crippen molar-refractivity contribution in [2.24, 2.45) is 0 Å². The number of piperazine rings is 1. The number of halogens is 3. The Morgan fingerprint density at radius 3 is 2.47 bits per heavy atom. The summed E-state index contributed by atoms with van der Waals surface area (Å²) in [6, 6.07) is 8.76. The third kappa shape index (κ3) is 5.50. The molecule has 1 aliphatic heterocycles. The van der Waals surface area contributed by atoms with Crippen LogP contribution in [0.3, 0.4) is 0 Å². The second-order valence-electron chi connectivity index (χ2n) is 8.76. The first-order chi connectivity index (χ1) is 16.1. The fourth-order valence-electron chi connectivity index (χ4n) is 4.20. The molecule has 34 heavy (non-hydrogen) atoms. The number of methoxy groups -OCH3 is 1. The van der Waals surface area contributed by atoms with Gasteiger partial charge in [0.1, 0.15) is 11.9 Å². The third-order valence-corrected chi connectivity index (χ3v) is 5.99. The smallest absolute Gasteiger partial charge is 0.384 e. The number of ether oxygens (including phenoxy) is 1. The summed E-state index contributed by atoms with van der Waals surface area (Å²) in [4.78, 5) is 21.1. The predicted molar refractivity (Wildman–Crippen MR) is 123 cm³/mol. The molecular weight excluding hydrogens is 445 g/mol. The van der Waals surface area contributed by atoms with E-state index in [1.807, 2.05) is 30.6 Å². The molecule has 182 valence electrons. The van der Waals surface area contributed by atoms with Crippen LogP contribution in [0.4, 0.5) is 19.0 Å². The molecule has 2 aromatic rings. The van der Waals surface area contributed by atoms with E-state index in [1.54, 1.807) is 13.2 Å². The zero-order valence-corrected chi connectivity index (χ0v) is 19.8. The number of carbonyl (C=O) groups is 1. The monoisotopic (exact) mass is 474 g/mol. The highest BCUT2D eigenvalue weighted by molar-refractivity contribution is 5.77. The van der Waals surface area contributed by atoms with Crippen LogP contribution in [0.1, 0.15) is 49.9 Å². The van der Waals surface area contributed by atoms with Gasteiger partial charge in [0.25, 0.3) is 0 Å². The van der Waals surface area contributed by atoms with Crippen LogP contribution in [0.15, 0.2) is 30.3 Å². The lowest BCUT2D eigenvalue weighted by atomic mass is 9.95. The Bertz CT molecular complexity index is 1060. The highest BCUT2D eigenvalue weighted by Gasteiger charge is 2.31. The molecule has 1 aliphatic rings. The second-order valence-corrected chi connectivity index (χ2v) is 8.76. The van der Waals surface area contributed by atoms with E-state index in [9.17, 15) is 23.2 Å². The molecule has 1 aromatic heterocycles. The Labute approximate surface area is 197 Å². The fourth-order valence-corrected chi connectivity index (χ4v) is 4.20. The number of amides is 1. The van der Waals surface area contributed by atoms with Gasteiger partial charge in [-0.2, -0.15) is 18.4 Å². The quantitative estimate of drug-likeness (QED) is 0.600. The molecule has 0 saturated carbocycles. The molecule has 0 bridgehead atoms. The molecule has 6 nitrogen and oxygen atoms in total. The number of nitrogens with zero attached hydrogens (tertiary/aromatic N) is 4. The molecule has 0 N–H and O–H groups in total. The van der Waals surface area contributed by atoms with Gasteiger partial charge >= 0.3 is 6.18 Å². The SMILES string of the molecule is COCCC(=O)N1CCN(c2nc(C(C)C)c(-c3ccc(C(F)(F)F)cc3)cc2C#N)CC1C. The van der Waals surface area contributed by atoms with Crippen molar-refractivity contribution in [3.8, 4) is 17.2 Å². The second kappa shape index (κ2) is 10.4. The lowest BCUT2D eigenvalue weighted by molar-refractivity contribution is -0.137. The van der Waals surface area contributed by atoms with Crippen molar-refractivity contribution in [3.05, 3.63) is 47.2 Å². The Morgan fingerprint density at radius 2 is 1.94 bits per heavy atom. The minimum Gasteiger partial charge on any atom is -0.384 e. The molecule has 0 aliphatic carbocycles. The van der Waals surface area contributed by atoms with Gasteiger partial charge in [-0.05, 0) is 36.6 Å². The number of hydrogen-bond acceptors (Lipinski definition) is 5. The first kappa shape index (κ1) is 25.5. The van der Waals surface area contributed by atoms with Crippen LogP contribution in [-0.2, 0) is 15.7 Å². The minimum atomic E-state index is -4.41. The molecule has 3 rings (SSSR count). The Hall–Kier alpha value is -3.12. The zero-order valence-electron chi connectivity index (χ0n) is 19.8. The van der Waals surface area contributed by atoms with E-state index in [-0.39, 0.29) is 17.9 Å². The van der Waals surface area contributed by atoms with Crippen LogP contribution in [0.5, 0.6) is 0 Å². The summed E-state index contributed by atoms with van der Waals surface area (Å²) >= 11 is 0. The minimum absolute atomic E-state index is 0.0156. The fraction of sp³-hybridized carbons (Fsp3) is 0.480. The molecule has 0 spiro atoms. The van der Waals surface area contributed by atoms with E-state index < -0.39 is 11.7 Å². The van der Waals surface area contributed by atoms with Gasteiger partial charge < -0.3 is 14.5 Å². The van der Waals surface area contributed by atoms with E-state index in [4.69, 9.17) is 9.72 Å². The molecule has 1 amide bonds. The van der Waals surface area contributed by atoms with Crippen molar-refractivity contribution in [3.63, 3.8) is 0 Å². The summed E-state index contributed by atoms with van der Waals surface area (Å²) in [5.41, 5.74) is 1.56. The van der Waals surface area contributed by atoms with Crippen molar-refractivity contribution >= 4 is 11.7 Å². The summed E-state index contributed by atoms with van der Waals surface area (Å²) in [5, 5.41) is 9.86. The summed E-state index contributed by atoms with van der Waals surface area (Å²) in [7, 11) is 1.56. The largest absolute Gasteiger partial charge is 0.416 e. The summed E-state index contributed by atoms with van der Waals surface area (Å²) in [6.45, 7) is 7.81. The van der Waals surface area contributed by atoms with Crippen LogP contribution in [0.25, 0.3) is 11.1 Å². The van der Waals surface area contributed by atoms with E-state index in [1.165, 1.54) is 12.1 Å². The maximum absolute atomic E-state index is 13.0. The number of nitriles is 1. The molecule has 1 saturated heterocycles.